The second kappa shape index (κ2) is 9.26. The number of nitrogens with one attached hydrogen (secondary N) is 2. The first-order chi connectivity index (χ1) is 14.6. The van der Waals surface area contributed by atoms with Crippen LogP contribution >= 0.6 is 15.9 Å². The molecular weight excluding hydrogens is 462 g/mol. The molecule has 0 bridgehead atoms. The molecule has 0 radical (unpaired) electrons. The Bertz CT molecular complexity index is 1030. The zero-order valence-electron chi connectivity index (χ0n) is 18.3. The summed E-state index contributed by atoms with van der Waals surface area (Å²) in [6.45, 7) is 8.41. The highest BCUT2D eigenvalue weighted by Gasteiger charge is 2.33. The average molecular weight is 490 g/mol. The number of nitrogens with zero attached hydrogens (tertiary/aromatic N) is 1. The fourth-order valence-corrected chi connectivity index (χ4v) is 3.98. The lowest BCUT2D eigenvalue weighted by atomic mass is 9.93. The monoisotopic (exact) mass is 489 g/mol. The van der Waals surface area contributed by atoms with Gasteiger partial charge in [0.1, 0.15) is 5.60 Å². The van der Waals surface area contributed by atoms with Gasteiger partial charge in [-0.1, -0.05) is 29.3 Å². The Morgan fingerprint density at radius 2 is 1.81 bits per heavy atom. The lowest BCUT2D eigenvalue weighted by molar-refractivity contribution is 0.0496. The molecule has 8 heteroatoms. The second-order valence-corrected chi connectivity index (χ2v) is 9.42. The van der Waals surface area contributed by atoms with Crippen molar-refractivity contribution in [3.8, 4) is 0 Å². The summed E-state index contributed by atoms with van der Waals surface area (Å²) < 4.78 is 5.97. The summed E-state index contributed by atoms with van der Waals surface area (Å²) in [5.74, 6) is -0.739. The summed E-state index contributed by atoms with van der Waals surface area (Å²) in [5, 5.41) is 7.51. The number of hydrogen-bond donors (Lipinski definition) is 2. The SMILES string of the molecule is CCCCNc1ccc2c3c(cc(Br)cc13)C(=O)N(CCNC(=O)OC(C)(C)C)C2=O. The molecule has 0 fully saturated rings. The summed E-state index contributed by atoms with van der Waals surface area (Å²) in [7, 11) is 0. The molecule has 2 aromatic rings. The minimum atomic E-state index is -0.620. The van der Waals surface area contributed by atoms with E-state index in [4.69, 9.17) is 4.74 Å². The van der Waals surface area contributed by atoms with Crippen LogP contribution in [0.5, 0.6) is 0 Å². The molecule has 31 heavy (non-hydrogen) atoms. The van der Waals surface area contributed by atoms with Crippen molar-refractivity contribution in [2.75, 3.05) is 25.0 Å². The number of unbranched alkanes of at least 4 members (excludes halogenated alkanes) is 1. The molecule has 0 unspecified atom stereocenters. The van der Waals surface area contributed by atoms with E-state index >= 15 is 0 Å². The number of halogens is 1. The van der Waals surface area contributed by atoms with Crippen molar-refractivity contribution in [3.05, 3.63) is 39.9 Å². The van der Waals surface area contributed by atoms with Gasteiger partial charge in [0.15, 0.2) is 0 Å². The standard InChI is InChI=1S/C23H28BrN3O4/c1-5-6-9-25-18-8-7-15-19-16(18)12-14(24)13-17(19)21(29)27(20(15)28)11-10-26-22(30)31-23(2,3)4/h7-8,12-13,25H,5-6,9-11H2,1-4H3,(H,26,30). The molecular formula is C23H28BrN3O4. The van der Waals surface area contributed by atoms with Crippen LogP contribution in [0.25, 0.3) is 10.8 Å². The molecule has 1 aliphatic rings. The van der Waals surface area contributed by atoms with Gasteiger partial charge in [-0.3, -0.25) is 14.5 Å². The predicted molar refractivity (Wildman–Crippen MR) is 125 cm³/mol. The highest BCUT2D eigenvalue weighted by molar-refractivity contribution is 9.10. The minimum absolute atomic E-state index is 0.0564. The number of rotatable bonds is 7. The summed E-state index contributed by atoms with van der Waals surface area (Å²) in [6.07, 6.45) is 1.51. The van der Waals surface area contributed by atoms with Gasteiger partial charge in [0.2, 0.25) is 0 Å². The molecule has 3 amide bonds. The number of anilines is 1. The predicted octanol–water partition coefficient (Wildman–Crippen LogP) is 4.94. The molecule has 2 N–H and O–H groups in total. The topological polar surface area (TPSA) is 87.7 Å². The Kier molecular flexibility index (Phi) is 6.89. The number of alkyl carbamates (subject to hydrolysis) is 1. The van der Waals surface area contributed by atoms with Crippen LogP contribution in [0, 0.1) is 0 Å². The van der Waals surface area contributed by atoms with E-state index in [-0.39, 0.29) is 24.9 Å². The van der Waals surface area contributed by atoms with Gasteiger partial charge in [-0.25, -0.2) is 4.79 Å². The number of imide groups is 1. The van der Waals surface area contributed by atoms with E-state index in [1.807, 2.05) is 12.1 Å². The fraction of sp³-hybridized carbons (Fsp3) is 0.435. The van der Waals surface area contributed by atoms with E-state index in [1.165, 1.54) is 4.90 Å². The quantitative estimate of drug-likeness (QED) is 0.424. The lowest BCUT2D eigenvalue weighted by Crippen LogP contribution is -2.45. The largest absolute Gasteiger partial charge is 0.444 e. The van der Waals surface area contributed by atoms with Crippen molar-refractivity contribution in [2.24, 2.45) is 0 Å². The summed E-state index contributed by atoms with van der Waals surface area (Å²) >= 11 is 3.49. The normalized spacial score (nSPS) is 13.5. The van der Waals surface area contributed by atoms with Crippen molar-refractivity contribution >= 4 is 50.3 Å². The van der Waals surface area contributed by atoms with Crippen LogP contribution in [-0.4, -0.2) is 48.0 Å². The molecule has 3 rings (SSSR count). The van der Waals surface area contributed by atoms with Crippen molar-refractivity contribution in [2.45, 2.75) is 46.1 Å². The van der Waals surface area contributed by atoms with E-state index in [9.17, 15) is 14.4 Å². The molecule has 0 aromatic heterocycles. The maximum atomic E-state index is 13.2. The first kappa shape index (κ1) is 23.1. The lowest BCUT2D eigenvalue weighted by Gasteiger charge is -2.28. The Balaban J connectivity index is 1.85. The van der Waals surface area contributed by atoms with Crippen LogP contribution in [0.2, 0.25) is 0 Å². The van der Waals surface area contributed by atoms with Crippen LogP contribution in [0.1, 0.15) is 61.3 Å². The molecule has 166 valence electrons. The zero-order chi connectivity index (χ0) is 22.8. The number of ether oxygens (including phenoxy) is 1. The van der Waals surface area contributed by atoms with Gasteiger partial charge in [-0.05, 0) is 51.5 Å². The van der Waals surface area contributed by atoms with Crippen LogP contribution in [0.3, 0.4) is 0 Å². The van der Waals surface area contributed by atoms with E-state index < -0.39 is 11.7 Å². The Hall–Kier alpha value is -2.61. The van der Waals surface area contributed by atoms with Gasteiger partial charge < -0.3 is 15.4 Å². The Morgan fingerprint density at radius 1 is 1.10 bits per heavy atom. The summed E-state index contributed by atoms with van der Waals surface area (Å²) in [6, 6.07) is 7.31. The molecule has 0 spiro atoms. The van der Waals surface area contributed by atoms with E-state index in [2.05, 4.69) is 33.5 Å². The van der Waals surface area contributed by atoms with Crippen molar-refractivity contribution in [1.82, 2.24) is 10.2 Å². The van der Waals surface area contributed by atoms with E-state index in [0.29, 0.717) is 16.5 Å². The molecule has 0 atom stereocenters. The van der Waals surface area contributed by atoms with Crippen LogP contribution in [0.15, 0.2) is 28.7 Å². The maximum absolute atomic E-state index is 13.2. The van der Waals surface area contributed by atoms with Gasteiger partial charge in [-0.2, -0.15) is 0 Å². The highest BCUT2D eigenvalue weighted by Crippen LogP contribution is 2.36. The smallest absolute Gasteiger partial charge is 0.407 e. The number of amides is 3. The molecule has 1 heterocycles. The first-order valence-corrected chi connectivity index (χ1v) is 11.2. The van der Waals surface area contributed by atoms with Crippen molar-refractivity contribution in [1.29, 1.82) is 0 Å². The van der Waals surface area contributed by atoms with Gasteiger partial charge in [0, 0.05) is 51.7 Å². The average Bonchev–Trinajstić information content (AvgIpc) is 2.68. The number of carbonyl (C=O) groups is 3. The summed E-state index contributed by atoms with van der Waals surface area (Å²) in [5.41, 5.74) is 1.23. The number of carbonyl (C=O) groups excluding carboxylic acids is 3. The molecule has 1 aliphatic heterocycles. The van der Waals surface area contributed by atoms with Crippen LogP contribution in [0.4, 0.5) is 10.5 Å². The van der Waals surface area contributed by atoms with Crippen molar-refractivity contribution in [3.63, 3.8) is 0 Å². The molecule has 2 aromatic carbocycles. The van der Waals surface area contributed by atoms with E-state index in [0.717, 1.165) is 34.9 Å². The third-order valence-corrected chi connectivity index (χ3v) is 5.34. The van der Waals surface area contributed by atoms with Crippen LogP contribution in [-0.2, 0) is 4.74 Å². The zero-order valence-corrected chi connectivity index (χ0v) is 19.9. The Morgan fingerprint density at radius 3 is 2.48 bits per heavy atom. The Labute approximate surface area is 190 Å². The third-order valence-electron chi connectivity index (χ3n) is 4.88. The molecule has 0 saturated carbocycles. The van der Waals surface area contributed by atoms with Gasteiger partial charge in [0.25, 0.3) is 11.8 Å². The third kappa shape index (κ3) is 5.18. The van der Waals surface area contributed by atoms with Gasteiger partial charge in [0.05, 0.1) is 0 Å². The van der Waals surface area contributed by atoms with Gasteiger partial charge >= 0.3 is 6.09 Å². The fourth-order valence-electron chi connectivity index (χ4n) is 3.52. The molecule has 0 saturated heterocycles. The molecule has 0 aliphatic carbocycles. The second-order valence-electron chi connectivity index (χ2n) is 8.51. The van der Waals surface area contributed by atoms with Gasteiger partial charge in [-0.15, -0.1) is 0 Å². The summed E-state index contributed by atoms with van der Waals surface area (Å²) in [4.78, 5) is 39.3. The first-order valence-electron chi connectivity index (χ1n) is 10.5. The highest BCUT2D eigenvalue weighted by atomic mass is 79.9. The minimum Gasteiger partial charge on any atom is -0.444 e. The van der Waals surface area contributed by atoms with E-state index in [1.54, 1.807) is 32.9 Å². The molecule has 7 nitrogen and oxygen atoms in total. The maximum Gasteiger partial charge on any atom is 0.407 e. The van der Waals surface area contributed by atoms with Crippen molar-refractivity contribution < 1.29 is 19.1 Å². The van der Waals surface area contributed by atoms with Crippen LogP contribution < -0.4 is 10.6 Å². The number of benzene rings is 2. The number of hydrogen-bond acceptors (Lipinski definition) is 5.